The molecule has 1 aliphatic rings. The number of carbonyl (C=O) groups is 4. The summed E-state index contributed by atoms with van der Waals surface area (Å²) in [5.74, 6) is -6.33. The maximum atomic E-state index is 9.10. The number of carboxylic acids is 4. The minimum Gasteiger partial charge on any atom is -0.473 e. The number of hydrogen-bond donors (Lipinski definition) is 6. The van der Waals surface area contributed by atoms with Crippen LogP contribution in [0.5, 0.6) is 0 Å². The van der Waals surface area contributed by atoms with E-state index >= 15 is 0 Å². The summed E-state index contributed by atoms with van der Waals surface area (Å²) < 4.78 is 7.86. The van der Waals surface area contributed by atoms with E-state index in [9.17, 15) is 0 Å². The van der Waals surface area contributed by atoms with Gasteiger partial charge in [-0.15, -0.1) is 0 Å². The van der Waals surface area contributed by atoms with Crippen LogP contribution >= 0.6 is 0 Å². The molecule has 13 heteroatoms. The van der Waals surface area contributed by atoms with Gasteiger partial charge in [0.2, 0.25) is 5.95 Å². The van der Waals surface area contributed by atoms with E-state index in [1.54, 1.807) is 0 Å². The lowest BCUT2D eigenvalue weighted by Crippen LogP contribution is -2.44. The average molecular weight is 559 g/mol. The van der Waals surface area contributed by atoms with Crippen LogP contribution in [0.1, 0.15) is 25.3 Å². The SMILES string of the molecule is CCOCCn1c(NC2CCNC(Cc3ccccc3)C2)nc2ccccc21.O=C(O)C(=O)O.O=C(O)C(=O)O. The molecule has 0 spiro atoms. The number of hydrogen-bond acceptors (Lipinski definition) is 8. The van der Waals surface area contributed by atoms with Gasteiger partial charge in [0.1, 0.15) is 0 Å². The molecule has 2 atom stereocenters. The van der Waals surface area contributed by atoms with Gasteiger partial charge in [0, 0.05) is 25.2 Å². The van der Waals surface area contributed by atoms with Crippen LogP contribution in [0.4, 0.5) is 5.95 Å². The van der Waals surface area contributed by atoms with E-state index in [0.29, 0.717) is 18.7 Å². The maximum Gasteiger partial charge on any atom is 0.414 e. The second kappa shape index (κ2) is 16.5. The standard InChI is InChI=1S/C23H30N4O.2C2H2O4/c1-2-28-15-14-27-22-11-7-6-10-21(22)26-23(27)25-19-12-13-24-20(17-19)16-18-8-4-3-5-9-18;2*3-1(4)2(5)6/h3-11,19-20,24H,2,12-17H2,1H3,(H,25,26);2*(H,3,4)(H,5,6). The molecule has 0 amide bonds. The van der Waals surface area contributed by atoms with Crippen molar-refractivity contribution in [3.8, 4) is 0 Å². The number of imidazole rings is 1. The molecular formula is C27H34N4O9. The molecule has 0 bridgehead atoms. The van der Waals surface area contributed by atoms with Crippen LogP contribution < -0.4 is 10.6 Å². The van der Waals surface area contributed by atoms with Gasteiger partial charge in [0.25, 0.3) is 0 Å². The third kappa shape index (κ3) is 10.7. The van der Waals surface area contributed by atoms with Crippen molar-refractivity contribution in [2.24, 2.45) is 0 Å². The molecule has 4 rings (SSSR count). The van der Waals surface area contributed by atoms with Crippen LogP contribution in [0.2, 0.25) is 0 Å². The van der Waals surface area contributed by atoms with Crippen LogP contribution in [0, 0.1) is 0 Å². The van der Waals surface area contributed by atoms with Crippen molar-refractivity contribution in [3.63, 3.8) is 0 Å². The Labute approximate surface area is 230 Å². The molecule has 0 radical (unpaired) electrons. The lowest BCUT2D eigenvalue weighted by molar-refractivity contribution is -0.159. The van der Waals surface area contributed by atoms with Gasteiger partial charge in [-0.1, -0.05) is 42.5 Å². The van der Waals surface area contributed by atoms with Crippen LogP contribution in [-0.4, -0.2) is 85.7 Å². The number of benzene rings is 2. The summed E-state index contributed by atoms with van der Waals surface area (Å²) >= 11 is 0. The Hall–Kier alpha value is -4.49. The highest BCUT2D eigenvalue weighted by atomic mass is 16.5. The van der Waals surface area contributed by atoms with E-state index < -0.39 is 23.9 Å². The number of nitrogens with zero attached hydrogens (tertiary/aromatic N) is 2. The Kier molecular flexibility index (Phi) is 13.1. The zero-order chi connectivity index (χ0) is 29.5. The number of carboxylic acid groups (broad SMARTS) is 4. The summed E-state index contributed by atoms with van der Waals surface area (Å²) in [7, 11) is 0. The Bertz CT molecular complexity index is 1220. The van der Waals surface area contributed by atoms with E-state index in [1.807, 2.05) is 13.0 Å². The Balaban J connectivity index is 0.000000393. The van der Waals surface area contributed by atoms with Crippen molar-refractivity contribution in [2.75, 3.05) is 25.1 Å². The third-order valence-corrected chi connectivity index (χ3v) is 5.84. The molecule has 3 aromatic rings. The van der Waals surface area contributed by atoms with Crippen LogP contribution in [0.3, 0.4) is 0 Å². The highest BCUT2D eigenvalue weighted by Crippen LogP contribution is 2.23. The van der Waals surface area contributed by atoms with Gasteiger partial charge in [0.05, 0.1) is 17.6 Å². The summed E-state index contributed by atoms with van der Waals surface area (Å²) in [6.07, 6.45) is 3.28. The molecule has 1 saturated heterocycles. The number of para-hydroxylation sites is 2. The smallest absolute Gasteiger partial charge is 0.414 e. The molecule has 13 nitrogen and oxygen atoms in total. The van der Waals surface area contributed by atoms with Gasteiger partial charge in [-0.3, -0.25) is 0 Å². The number of aliphatic carboxylic acids is 4. The quantitative estimate of drug-likeness (QED) is 0.174. The van der Waals surface area contributed by atoms with Crippen LogP contribution in [-0.2, 0) is 36.9 Å². The van der Waals surface area contributed by atoms with E-state index in [4.69, 9.17) is 49.3 Å². The minimum absolute atomic E-state index is 0.428. The molecule has 1 fully saturated rings. The first-order valence-corrected chi connectivity index (χ1v) is 12.6. The Morgan fingerprint density at radius 3 is 2.15 bits per heavy atom. The van der Waals surface area contributed by atoms with E-state index in [2.05, 4.69) is 63.7 Å². The second-order valence-electron chi connectivity index (χ2n) is 8.70. The van der Waals surface area contributed by atoms with Crippen molar-refractivity contribution in [3.05, 3.63) is 60.2 Å². The molecule has 6 N–H and O–H groups in total. The zero-order valence-corrected chi connectivity index (χ0v) is 22.0. The zero-order valence-electron chi connectivity index (χ0n) is 22.0. The van der Waals surface area contributed by atoms with Crippen LogP contribution in [0.25, 0.3) is 11.0 Å². The van der Waals surface area contributed by atoms with Gasteiger partial charge in [-0.2, -0.15) is 0 Å². The number of ether oxygens (including phenoxy) is 1. The predicted octanol–water partition coefficient (Wildman–Crippen LogP) is 2.16. The molecule has 1 aromatic heterocycles. The average Bonchev–Trinajstić information content (AvgIpc) is 3.27. The molecule has 1 aliphatic heterocycles. The van der Waals surface area contributed by atoms with Gasteiger partial charge in [-0.05, 0) is 50.4 Å². The van der Waals surface area contributed by atoms with Crippen molar-refractivity contribution < 1.29 is 44.3 Å². The van der Waals surface area contributed by atoms with Gasteiger partial charge in [0.15, 0.2) is 0 Å². The van der Waals surface area contributed by atoms with Crippen LogP contribution in [0.15, 0.2) is 54.6 Å². The molecule has 2 unspecified atom stereocenters. The molecule has 216 valence electrons. The molecule has 40 heavy (non-hydrogen) atoms. The first-order chi connectivity index (χ1) is 19.1. The molecule has 2 heterocycles. The topological polar surface area (TPSA) is 200 Å². The fraction of sp³-hybridized carbons (Fsp3) is 0.370. The molecule has 0 aliphatic carbocycles. The number of rotatable bonds is 8. The van der Waals surface area contributed by atoms with E-state index in [-0.39, 0.29) is 0 Å². The first-order valence-electron chi connectivity index (χ1n) is 12.6. The first kappa shape index (κ1) is 31.7. The normalized spacial score (nSPS) is 16.0. The van der Waals surface area contributed by atoms with Gasteiger partial charge in [-0.25, -0.2) is 24.2 Å². The number of fused-ring (bicyclic) bond motifs is 1. The summed E-state index contributed by atoms with van der Waals surface area (Å²) in [6.45, 7) is 5.33. The highest BCUT2D eigenvalue weighted by Gasteiger charge is 2.23. The summed E-state index contributed by atoms with van der Waals surface area (Å²) in [5.41, 5.74) is 3.60. The van der Waals surface area contributed by atoms with Crippen molar-refractivity contribution >= 4 is 40.9 Å². The summed E-state index contributed by atoms with van der Waals surface area (Å²) in [6, 6.07) is 20.0. The minimum atomic E-state index is -1.82. The Morgan fingerprint density at radius 1 is 0.950 bits per heavy atom. The lowest BCUT2D eigenvalue weighted by Gasteiger charge is -2.31. The van der Waals surface area contributed by atoms with Crippen molar-refractivity contribution in [1.29, 1.82) is 0 Å². The molecule has 0 saturated carbocycles. The number of anilines is 1. The van der Waals surface area contributed by atoms with Gasteiger partial charge < -0.3 is 40.4 Å². The summed E-state index contributed by atoms with van der Waals surface area (Å²) in [4.78, 5) is 41.3. The van der Waals surface area contributed by atoms with Crippen molar-refractivity contribution in [1.82, 2.24) is 14.9 Å². The highest BCUT2D eigenvalue weighted by molar-refractivity contribution is 6.27. The molecular weight excluding hydrogens is 524 g/mol. The maximum absolute atomic E-state index is 9.10. The van der Waals surface area contributed by atoms with E-state index in [0.717, 1.165) is 50.4 Å². The van der Waals surface area contributed by atoms with Gasteiger partial charge >= 0.3 is 23.9 Å². The summed E-state index contributed by atoms with van der Waals surface area (Å²) in [5, 5.41) is 37.0. The number of nitrogens with one attached hydrogen (secondary N) is 2. The number of aromatic nitrogens is 2. The number of piperidine rings is 1. The largest absolute Gasteiger partial charge is 0.473 e. The lowest BCUT2D eigenvalue weighted by atomic mass is 9.94. The third-order valence-electron chi connectivity index (χ3n) is 5.84. The second-order valence-corrected chi connectivity index (χ2v) is 8.70. The van der Waals surface area contributed by atoms with E-state index in [1.165, 1.54) is 11.1 Å². The monoisotopic (exact) mass is 558 g/mol. The fourth-order valence-electron chi connectivity index (χ4n) is 4.09. The predicted molar refractivity (Wildman–Crippen MR) is 145 cm³/mol. The fourth-order valence-corrected chi connectivity index (χ4v) is 4.09. The Morgan fingerprint density at radius 2 is 1.55 bits per heavy atom. The molecule has 2 aromatic carbocycles. The van der Waals surface area contributed by atoms with Crippen molar-refractivity contribution in [2.45, 2.75) is 44.8 Å².